The largest absolute Gasteiger partial charge is 0.491 e. The summed E-state index contributed by atoms with van der Waals surface area (Å²) < 4.78 is 22.3. The standard InChI is InChI=1S/C28H30Cl2O6/c29-13-22(31)15-33-24-7-1-19(2-8-24)28(20-3-9-25(10-4-20)34-16-23(32)14-30)21-5-11-26(12-6-21)35-17-27-18-36-27/h1-12,22-23,27-28,31-32H,13-18H2. The summed E-state index contributed by atoms with van der Waals surface area (Å²) in [6.45, 7) is 1.59. The first-order valence-electron chi connectivity index (χ1n) is 11.8. The Balaban J connectivity index is 1.54. The van der Waals surface area contributed by atoms with Gasteiger partial charge in [-0.25, -0.2) is 0 Å². The molecule has 0 bridgehead atoms. The Kier molecular flexibility index (Phi) is 9.73. The van der Waals surface area contributed by atoms with Crippen LogP contribution in [0.5, 0.6) is 17.2 Å². The van der Waals surface area contributed by atoms with Crippen molar-refractivity contribution in [1.82, 2.24) is 0 Å². The number of epoxide rings is 1. The van der Waals surface area contributed by atoms with Gasteiger partial charge in [-0.05, 0) is 53.1 Å². The molecule has 0 amide bonds. The number of rotatable bonds is 14. The van der Waals surface area contributed by atoms with Gasteiger partial charge in [0.15, 0.2) is 0 Å². The number of aliphatic hydroxyl groups is 2. The predicted molar refractivity (Wildman–Crippen MR) is 140 cm³/mol. The van der Waals surface area contributed by atoms with E-state index in [0.29, 0.717) is 18.1 Å². The normalized spacial score (nSPS) is 17.2. The topological polar surface area (TPSA) is 80.7 Å². The van der Waals surface area contributed by atoms with Crippen molar-refractivity contribution in [1.29, 1.82) is 0 Å². The van der Waals surface area contributed by atoms with Gasteiger partial charge in [0.1, 0.15) is 55.4 Å². The van der Waals surface area contributed by atoms with Gasteiger partial charge in [-0.3, -0.25) is 0 Å². The Labute approximate surface area is 221 Å². The molecule has 4 rings (SSSR count). The van der Waals surface area contributed by atoms with Gasteiger partial charge < -0.3 is 29.2 Å². The van der Waals surface area contributed by atoms with Crippen molar-refractivity contribution >= 4 is 23.2 Å². The van der Waals surface area contributed by atoms with Crippen LogP contribution in [0.4, 0.5) is 0 Å². The van der Waals surface area contributed by atoms with Gasteiger partial charge in [0, 0.05) is 5.92 Å². The van der Waals surface area contributed by atoms with Crippen LogP contribution in [0.15, 0.2) is 72.8 Å². The lowest BCUT2D eigenvalue weighted by Gasteiger charge is -2.20. The van der Waals surface area contributed by atoms with Crippen molar-refractivity contribution in [3.05, 3.63) is 89.5 Å². The van der Waals surface area contributed by atoms with Crippen LogP contribution in [-0.4, -0.2) is 66.7 Å². The third-order valence-corrected chi connectivity index (χ3v) is 6.43. The Morgan fingerprint density at radius 2 is 1.03 bits per heavy atom. The third-order valence-electron chi connectivity index (χ3n) is 5.72. The molecule has 36 heavy (non-hydrogen) atoms. The zero-order chi connectivity index (χ0) is 25.3. The van der Waals surface area contributed by atoms with Crippen molar-refractivity contribution in [3.8, 4) is 17.2 Å². The number of ether oxygens (including phenoxy) is 4. The maximum atomic E-state index is 9.65. The highest BCUT2D eigenvalue weighted by molar-refractivity contribution is 6.18. The molecular weight excluding hydrogens is 503 g/mol. The molecule has 1 saturated heterocycles. The van der Waals surface area contributed by atoms with Crippen LogP contribution in [0.3, 0.4) is 0 Å². The smallest absolute Gasteiger partial charge is 0.119 e. The molecule has 0 saturated carbocycles. The second-order valence-electron chi connectivity index (χ2n) is 8.64. The summed E-state index contributed by atoms with van der Waals surface area (Å²) in [5.74, 6) is 2.33. The maximum Gasteiger partial charge on any atom is 0.119 e. The van der Waals surface area contributed by atoms with Crippen molar-refractivity contribution in [3.63, 3.8) is 0 Å². The molecule has 0 spiro atoms. The first-order chi connectivity index (χ1) is 17.6. The molecule has 1 aliphatic rings. The number of hydrogen-bond donors (Lipinski definition) is 2. The summed E-state index contributed by atoms with van der Waals surface area (Å²) in [5.41, 5.74) is 3.25. The first kappa shape index (κ1) is 26.6. The SMILES string of the molecule is OC(CCl)COc1ccc(C(c2ccc(OCC(O)CCl)cc2)c2ccc(OCC3CO3)cc2)cc1. The molecule has 8 heteroatoms. The number of halogens is 2. The second kappa shape index (κ2) is 13.2. The summed E-state index contributed by atoms with van der Waals surface area (Å²) in [6, 6.07) is 23.7. The van der Waals surface area contributed by atoms with Crippen LogP contribution in [0, 0.1) is 0 Å². The van der Waals surface area contributed by atoms with Crippen molar-refractivity contribution in [2.24, 2.45) is 0 Å². The van der Waals surface area contributed by atoms with Crippen LogP contribution < -0.4 is 14.2 Å². The van der Waals surface area contributed by atoms with E-state index in [4.69, 9.17) is 42.1 Å². The summed E-state index contributed by atoms with van der Waals surface area (Å²) in [6.07, 6.45) is -1.22. The van der Waals surface area contributed by atoms with Crippen LogP contribution in [-0.2, 0) is 4.74 Å². The molecule has 3 unspecified atom stereocenters. The molecule has 3 aromatic carbocycles. The number of benzene rings is 3. The van der Waals surface area contributed by atoms with Crippen molar-refractivity contribution in [2.75, 3.05) is 38.2 Å². The van der Waals surface area contributed by atoms with Gasteiger partial charge in [0.25, 0.3) is 0 Å². The minimum absolute atomic E-state index is 0.0456. The molecule has 6 nitrogen and oxygen atoms in total. The Bertz CT molecular complexity index is 997. The Morgan fingerprint density at radius 1 is 0.667 bits per heavy atom. The van der Waals surface area contributed by atoms with E-state index in [1.54, 1.807) is 0 Å². The number of hydrogen-bond acceptors (Lipinski definition) is 6. The highest BCUT2D eigenvalue weighted by atomic mass is 35.5. The first-order valence-corrected chi connectivity index (χ1v) is 12.9. The lowest BCUT2D eigenvalue weighted by Crippen LogP contribution is -2.18. The predicted octanol–water partition coefficient (Wildman–Crippen LogP) is 4.60. The molecule has 1 fully saturated rings. The minimum Gasteiger partial charge on any atom is -0.491 e. The van der Waals surface area contributed by atoms with Gasteiger partial charge in [-0.2, -0.15) is 0 Å². The highest BCUT2D eigenvalue weighted by Gasteiger charge is 2.23. The number of aliphatic hydroxyl groups excluding tert-OH is 2. The average Bonchev–Trinajstić information content (AvgIpc) is 3.76. The lowest BCUT2D eigenvalue weighted by molar-refractivity contribution is 0.125. The second-order valence-corrected chi connectivity index (χ2v) is 9.26. The van der Waals surface area contributed by atoms with E-state index in [1.807, 2.05) is 60.7 Å². The average molecular weight is 533 g/mol. The maximum absolute atomic E-state index is 9.65. The molecule has 1 heterocycles. The van der Waals surface area contributed by atoms with Gasteiger partial charge in [0.2, 0.25) is 0 Å². The third kappa shape index (κ3) is 7.76. The monoisotopic (exact) mass is 532 g/mol. The van der Waals surface area contributed by atoms with Gasteiger partial charge in [0.05, 0.1) is 18.4 Å². The molecular formula is C28H30Cl2O6. The van der Waals surface area contributed by atoms with Gasteiger partial charge in [-0.15, -0.1) is 23.2 Å². The molecule has 0 aromatic heterocycles. The molecule has 1 aliphatic heterocycles. The van der Waals surface area contributed by atoms with E-state index in [-0.39, 0.29) is 37.0 Å². The Morgan fingerprint density at radius 3 is 1.36 bits per heavy atom. The molecule has 2 N–H and O–H groups in total. The summed E-state index contributed by atoms with van der Waals surface area (Å²) in [5, 5.41) is 19.3. The van der Waals surface area contributed by atoms with Gasteiger partial charge in [-0.1, -0.05) is 36.4 Å². The fraction of sp³-hybridized carbons (Fsp3) is 0.357. The van der Waals surface area contributed by atoms with Crippen LogP contribution >= 0.6 is 23.2 Å². The van der Waals surface area contributed by atoms with E-state index >= 15 is 0 Å². The van der Waals surface area contributed by atoms with Crippen LogP contribution in [0.2, 0.25) is 0 Å². The fourth-order valence-corrected chi connectivity index (χ4v) is 3.85. The summed E-state index contributed by atoms with van der Waals surface area (Å²) in [4.78, 5) is 0. The van der Waals surface area contributed by atoms with Crippen molar-refractivity contribution in [2.45, 2.75) is 24.2 Å². The minimum atomic E-state index is -0.711. The van der Waals surface area contributed by atoms with Gasteiger partial charge >= 0.3 is 0 Å². The van der Waals surface area contributed by atoms with E-state index in [0.717, 1.165) is 29.0 Å². The molecule has 3 aromatic rings. The lowest BCUT2D eigenvalue weighted by atomic mass is 9.85. The zero-order valence-corrected chi connectivity index (χ0v) is 21.3. The van der Waals surface area contributed by atoms with E-state index in [9.17, 15) is 10.2 Å². The molecule has 0 radical (unpaired) electrons. The zero-order valence-electron chi connectivity index (χ0n) is 19.8. The quantitative estimate of drug-likeness (QED) is 0.179. The Hall–Kier alpha value is -2.48. The van der Waals surface area contributed by atoms with Crippen LogP contribution in [0.1, 0.15) is 22.6 Å². The molecule has 192 valence electrons. The molecule has 0 aliphatic carbocycles. The number of alkyl halides is 2. The highest BCUT2D eigenvalue weighted by Crippen LogP contribution is 2.34. The summed E-state index contributed by atoms with van der Waals surface area (Å²) in [7, 11) is 0. The van der Waals surface area contributed by atoms with Crippen molar-refractivity contribution < 1.29 is 29.2 Å². The van der Waals surface area contributed by atoms with Crippen LogP contribution in [0.25, 0.3) is 0 Å². The van der Waals surface area contributed by atoms with E-state index < -0.39 is 12.2 Å². The molecule has 3 atom stereocenters. The van der Waals surface area contributed by atoms with E-state index in [2.05, 4.69) is 12.1 Å². The van der Waals surface area contributed by atoms with E-state index in [1.165, 1.54) is 0 Å². The fourth-order valence-electron chi connectivity index (χ4n) is 3.67. The summed E-state index contributed by atoms with van der Waals surface area (Å²) >= 11 is 11.3.